The molecule has 1 aromatic carbocycles. The summed E-state index contributed by atoms with van der Waals surface area (Å²) >= 11 is 11.5. The number of carbonyl (C=O) groups is 1. The normalized spacial score (nSPS) is 11.3. The summed E-state index contributed by atoms with van der Waals surface area (Å²) in [7, 11) is 0.947. The zero-order chi connectivity index (χ0) is 19.8. The van der Waals surface area contributed by atoms with Gasteiger partial charge in [-0.3, -0.25) is 19.5 Å². The number of nitro benzene ring substituents is 1. The molecule has 8 nitrogen and oxygen atoms in total. The third-order valence-electron chi connectivity index (χ3n) is 3.06. The summed E-state index contributed by atoms with van der Waals surface area (Å²) in [6, 6.07) is 0.613. The lowest BCUT2D eigenvalue weighted by Crippen LogP contribution is -2.28. The van der Waals surface area contributed by atoms with Crippen molar-refractivity contribution in [2.24, 2.45) is 0 Å². The summed E-state index contributed by atoms with van der Waals surface area (Å²) in [6.45, 7) is 0. The van der Waals surface area contributed by atoms with Crippen LogP contribution in [0.15, 0.2) is 23.1 Å². The number of carbonyl (C=O) groups excluding carboxylic acids is 1. The van der Waals surface area contributed by atoms with Gasteiger partial charge in [0, 0.05) is 6.07 Å². The van der Waals surface area contributed by atoms with E-state index in [9.17, 15) is 32.9 Å². The summed E-state index contributed by atoms with van der Waals surface area (Å²) in [5.41, 5.74) is -5.26. The molecule has 138 valence electrons. The number of halogens is 5. The topological polar surface area (TPSA) is 104 Å². The van der Waals surface area contributed by atoms with E-state index >= 15 is 0 Å². The summed E-state index contributed by atoms with van der Waals surface area (Å²) in [6.07, 6.45) is -4.14. The van der Waals surface area contributed by atoms with Crippen LogP contribution in [0.3, 0.4) is 0 Å². The lowest BCUT2D eigenvalue weighted by molar-refractivity contribution is -0.384. The Labute approximate surface area is 151 Å². The third-order valence-corrected chi connectivity index (χ3v) is 3.53. The fourth-order valence-electron chi connectivity index (χ4n) is 1.98. The molecule has 2 aromatic rings. The number of nitro groups is 1. The number of rotatable bonds is 3. The van der Waals surface area contributed by atoms with Crippen molar-refractivity contribution in [3.05, 3.63) is 60.2 Å². The standard InChI is InChI=1S/C13H6Cl2F3N3O5/c1-26-12(23)9-11(22)20(4-8(15)19-9)10-6(14)2-5(13(16,17)18)3-7(10)21(24)25/h2-4H,1H3. The van der Waals surface area contributed by atoms with Gasteiger partial charge in [0.2, 0.25) is 5.69 Å². The van der Waals surface area contributed by atoms with Gasteiger partial charge < -0.3 is 4.74 Å². The highest BCUT2D eigenvalue weighted by Crippen LogP contribution is 2.38. The van der Waals surface area contributed by atoms with Crippen molar-refractivity contribution in [2.75, 3.05) is 7.11 Å². The molecule has 0 fully saturated rings. The van der Waals surface area contributed by atoms with Crippen LogP contribution < -0.4 is 5.56 Å². The first kappa shape index (κ1) is 19.7. The summed E-state index contributed by atoms with van der Waals surface area (Å²) in [5.74, 6) is -1.20. The molecule has 2 rings (SSSR count). The molecule has 0 aliphatic heterocycles. The number of ether oxygens (including phenoxy) is 1. The van der Waals surface area contributed by atoms with E-state index in [1.165, 1.54) is 0 Å². The minimum atomic E-state index is -4.91. The molecule has 1 heterocycles. The smallest absolute Gasteiger partial charge is 0.416 e. The maximum atomic E-state index is 12.9. The molecule has 0 saturated carbocycles. The Hall–Kier alpha value is -2.66. The maximum absolute atomic E-state index is 12.9. The molecule has 26 heavy (non-hydrogen) atoms. The second kappa shape index (κ2) is 6.92. The highest BCUT2D eigenvalue weighted by molar-refractivity contribution is 6.33. The molecule has 0 saturated heterocycles. The zero-order valence-corrected chi connectivity index (χ0v) is 14.0. The predicted octanol–water partition coefficient (Wildman–Crippen LogP) is 3.25. The Balaban J connectivity index is 2.89. The number of esters is 1. The molecule has 0 N–H and O–H groups in total. The molecule has 0 amide bonds. The van der Waals surface area contributed by atoms with E-state index in [1.54, 1.807) is 0 Å². The van der Waals surface area contributed by atoms with Crippen LogP contribution in [-0.2, 0) is 10.9 Å². The molecule has 0 bridgehead atoms. The first-order chi connectivity index (χ1) is 12.0. The quantitative estimate of drug-likeness (QED) is 0.436. The SMILES string of the molecule is COC(=O)c1nc(Cl)cn(-c2c(Cl)cc(C(F)(F)F)cc2[N+](=O)[O-])c1=O. The van der Waals surface area contributed by atoms with Crippen LogP contribution in [0.5, 0.6) is 0 Å². The lowest BCUT2D eigenvalue weighted by atomic mass is 10.1. The average Bonchev–Trinajstić information content (AvgIpc) is 2.54. The molecular formula is C13H6Cl2F3N3O5. The fraction of sp³-hybridized carbons (Fsp3) is 0.154. The Morgan fingerprint density at radius 1 is 1.35 bits per heavy atom. The molecule has 0 aliphatic rings. The van der Waals surface area contributed by atoms with E-state index in [2.05, 4.69) is 9.72 Å². The van der Waals surface area contributed by atoms with E-state index in [0.717, 1.165) is 13.3 Å². The molecule has 0 unspecified atom stereocenters. The molecule has 0 aliphatic carbocycles. The van der Waals surface area contributed by atoms with Crippen molar-refractivity contribution in [3.8, 4) is 5.69 Å². The molecule has 0 atom stereocenters. The van der Waals surface area contributed by atoms with E-state index in [4.69, 9.17) is 23.2 Å². The van der Waals surface area contributed by atoms with E-state index < -0.39 is 55.4 Å². The van der Waals surface area contributed by atoms with Crippen molar-refractivity contribution in [2.45, 2.75) is 6.18 Å². The number of aromatic nitrogens is 2. The third kappa shape index (κ3) is 3.63. The average molecular weight is 412 g/mol. The van der Waals surface area contributed by atoms with Crippen molar-refractivity contribution in [3.63, 3.8) is 0 Å². The van der Waals surface area contributed by atoms with Gasteiger partial charge in [0.25, 0.3) is 11.2 Å². The number of methoxy groups -OCH3 is 1. The van der Waals surface area contributed by atoms with Gasteiger partial charge in [-0.2, -0.15) is 13.2 Å². The van der Waals surface area contributed by atoms with Crippen LogP contribution in [0.25, 0.3) is 5.69 Å². The first-order valence-electron chi connectivity index (χ1n) is 6.40. The van der Waals surface area contributed by atoms with Gasteiger partial charge in [0.15, 0.2) is 0 Å². The van der Waals surface area contributed by atoms with E-state index in [0.29, 0.717) is 10.6 Å². The lowest BCUT2D eigenvalue weighted by Gasteiger charge is -2.13. The molecule has 0 spiro atoms. The number of benzene rings is 1. The highest BCUT2D eigenvalue weighted by atomic mass is 35.5. The second-order valence-electron chi connectivity index (χ2n) is 4.66. The number of nitrogens with zero attached hydrogens (tertiary/aromatic N) is 3. The van der Waals surface area contributed by atoms with Crippen molar-refractivity contribution >= 4 is 34.9 Å². The number of alkyl halides is 3. The zero-order valence-electron chi connectivity index (χ0n) is 12.5. The summed E-state index contributed by atoms with van der Waals surface area (Å²) in [5, 5.41) is 10.0. The number of hydrogen-bond acceptors (Lipinski definition) is 6. The van der Waals surface area contributed by atoms with Gasteiger partial charge in [0.05, 0.1) is 28.8 Å². The monoisotopic (exact) mass is 411 g/mol. The fourth-order valence-corrected chi connectivity index (χ4v) is 2.47. The Bertz CT molecular complexity index is 975. The predicted molar refractivity (Wildman–Crippen MR) is 82.8 cm³/mol. The molecule has 0 radical (unpaired) electrons. The minimum absolute atomic E-state index is 0.208. The van der Waals surface area contributed by atoms with Crippen molar-refractivity contribution in [1.82, 2.24) is 9.55 Å². The second-order valence-corrected chi connectivity index (χ2v) is 5.45. The first-order valence-corrected chi connectivity index (χ1v) is 7.16. The molecule has 13 heteroatoms. The Kier molecular flexibility index (Phi) is 5.23. The van der Waals surface area contributed by atoms with Crippen LogP contribution in [-0.4, -0.2) is 27.6 Å². The van der Waals surface area contributed by atoms with Crippen molar-refractivity contribution in [1.29, 1.82) is 0 Å². The van der Waals surface area contributed by atoms with Gasteiger partial charge in [-0.25, -0.2) is 9.78 Å². The van der Waals surface area contributed by atoms with Gasteiger partial charge in [-0.05, 0) is 6.07 Å². The van der Waals surface area contributed by atoms with Crippen molar-refractivity contribution < 1.29 is 27.6 Å². The molecule has 1 aromatic heterocycles. The largest absolute Gasteiger partial charge is 0.464 e. The maximum Gasteiger partial charge on any atom is 0.416 e. The Morgan fingerprint density at radius 2 is 1.96 bits per heavy atom. The number of hydrogen-bond donors (Lipinski definition) is 0. The van der Waals surface area contributed by atoms with E-state index in [-0.39, 0.29) is 6.07 Å². The Morgan fingerprint density at radius 3 is 2.46 bits per heavy atom. The van der Waals surface area contributed by atoms with Crippen LogP contribution >= 0.6 is 23.2 Å². The van der Waals surface area contributed by atoms with Gasteiger partial charge >= 0.3 is 12.1 Å². The summed E-state index contributed by atoms with van der Waals surface area (Å²) in [4.78, 5) is 37.5. The van der Waals surface area contributed by atoms with Crippen LogP contribution in [0.2, 0.25) is 10.2 Å². The van der Waals surface area contributed by atoms with Gasteiger partial charge in [-0.15, -0.1) is 0 Å². The highest BCUT2D eigenvalue weighted by Gasteiger charge is 2.35. The van der Waals surface area contributed by atoms with Gasteiger partial charge in [-0.1, -0.05) is 23.2 Å². The van der Waals surface area contributed by atoms with E-state index in [1.807, 2.05) is 0 Å². The molecular weight excluding hydrogens is 406 g/mol. The minimum Gasteiger partial charge on any atom is -0.464 e. The van der Waals surface area contributed by atoms with Crippen LogP contribution in [0.4, 0.5) is 18.9 Å². The van der Waals surface area contributed by atoms with Gasteiger partial charge in [0.1, 0.15) is 10.8 Å². The van der Waals surface area contributed by atoms with Crippen LogP contribution in [0, 0.1) is 10.1 Å². The van der Waals surface area contributed by atoms with Crippen LogP contribution in [0.1, 0.15) is 16.1 Å². The summed E-state index contributed by atoms with van der Waals surface area (Å²) < 4.78 is 43.4.